The molecule has 0 aliphatic rings. The number of carbonyl (C=O) groups is 2. The second-order valence-electron chi connectivity index (χ2n) is 7.52. The second kappa shape index (κ2) is 9.96. The van der Waals surface area contributed by atoms with Crippen molar-refractivity contribution < 1.29 is 18.7 Å². The van der Waals surface area contributed by atoms with Crippen molar-refractivity contribution in [2.45, 2.75) is 46.2 Å². The Morgan fingerprint density at radius 2 is 1.90 bits per heavy atom. The molecule has 0 unspecified atom stereocenters. The average molecular weight is 408 g/mol. The van der Waals surface area contributed by atoms with Gasteiger partial charge in [-0.2, -0.15) is 0 Å². The van der Waals surface area contributed by atoms with E-state index in [-0.39, 0.29) is 18.6 Å². The lowest BCUT2D eigenvalue weighted by molar-refractivity contribution is -0.124. The summed E-state index contributed by atoms with van der Waals surface area (Å²) in [6.45, 7) is 5.98. The van der Waals surface area contributed by atoms with Gasteiger partial charge in [0.05, 0.1) is 18.4 Å². The van der Waals surface area contributed by atoms with Gasteiger partial charge in [0, 0.05) is 17.4 Å². The Kier molecular flexibility index (Phi) is 7.12. The number of hydrogen-bond acceptors (Lipinski definition) is 4. The molecule has 0 saturated heterocycles. The van der Waals surface area contributed by atoms with Crippen LogP contribution in [0.15, 0.2) is 59.2 Å². The van der Waals surface area contributed by atoms with E-state index in [4.69, 9.17) is 9.15 Å². The highest BCUT2D eigenvalue weighted by atomic mass is 16.5. The van der Waals surface area contributed by atoms with E-state index in [9.17, 15) is 9.59 Å². The third-order valence-electron chi connectivity index (χ3n) is 5.14. The highest BCUT2D eigenvalue weighted by Crippen LogP contribution is 2.18. The van der Waals surface area contributed by atoms with Gasteiger partial charge in [-0.1, -0.05) is 30.3 Å². The highest BCUT2D eigenvalue weighted by molar-refractivity contribution is 5.92. The summed E-state index contributed by atoms with van der Waals surface area (Å²) in [4.78, 5) is 24.7. The number of esters is 1. The van der Waals surface area contributed by atoms with Crippen LogP contribution in [0.25, 0.3) is 0 Å². The summed E-state index contributed by atoms with van der Waals surface area (Å²) >= 11 is 0. The van der Waals surface area contributed by atoms with E-state index in [0.29, 0.717) is 12.1 Å². The number of aromatic nitrogens is 1. The summed E-state index contributed by atoms with van der Waals surface area (Å²) < 4.78 is 12.6. The fourth-order valence-electron chi connectivity index (χ4n) is 3.43. The molecule has 0 radical (unpaired) electrons. The Morgan fingerprint density at radius 3 is 2.60 bits per heavy atom. The molecular formula is C24H28N2O4. The quantitative estimate of drug-likeness (QED) is 0.542. The average Bonchev–Trinajstić information content (AvgIpc) is 3.35. The molecule has 158 valence electrons. The third-order valence-corrected chi connectivity index (χ3v) is 5.14. The Balaban J connectivity index is 1.48. The van der Waals surface area contributed by atoms with Crippen LogP contribution >= 0.6 is 0 Å². The molecular weight excluding hydrogens is 380 g/mol. The third kappa shape index (κ3) is 5.63. The molecule has 1 atom stereocenters. The summed E-state index contributed by atoms with van der Waals surface area (Å²) in [7, 11) is 0. The van der Waals surface area contributed by atoms with Crippen LogP contribution in [0.1, 0.15) is 46.4 Å². The van der Waals surface area contributed by atoms with Gasteiger partial charge in [0.15, 0.2) is 6.61 Å². The molecule has 0 aliphatic heterocycles. The van der Waals surface area contributed by atoms with Crippen LogP contribution in [0.3, 0.4) is 0 Å². The van der Waals surface area contributed by atoms with Gasteiger partial charge in [-0.05, 0) is 57.4 Å². The largest absolute Gasteiger partial charge is 0.467 e. The lowest BCUT2D eigenvalue weighted by Crippen LogP contribution is -2.36. The monoisotopic (exact) mass is 408 g/mol. The van der Waals surface area contributed by atoms with Crippen molar-refractivity contribution in [3.8, 4) is 0 Å². The van der Waals surface area contributed by atoms with Crippen LogP contribution in [0, 0.1) is 13.8 Å². The number of benzene rings is 1. The fraction of sp³-hybridized carbons (Fsp3) is 0.333. The zero-order valence-corrected chi connectivity index (χ0v) is 17.7. The first kappa shape index (κ1) is 21.4. The summed E-state index contributed by atoms with van der Waals surface area (Å²) in [6, 6.07) is 15.6. The zero-order valence-electron chi connectivity index (χ0n) is 17.7. The first-order valence-electron chi connectivity index (χ1n) is 10.1. The first-order chi connectivity index (χ1) is 14.4. The number of ether oxygens (including phenoxy) is 1. The van der Waals surface area contributed by atoms with Crippen molar-refractivity contribution in [1.29, 1.82) is 0 Å². The Hall–Kier alpha value is -3.28. The molecule has 0 saturated carbocycles. The van der Waals surface area contributed by atoms with Gasteiger partial charge < -0.3 is 19.0 Å². The van der Waals surface area contributed by atoms with E-state index >= 15 is 0 Å². The maximum Gasteiger partial charge on any atom is 0.340 e. The Morgan fingerprint density at radius 1 is 1.13 bits per heavy atom. The number of hydrogen-bond donors (Lipinski definition) is 1. The van der Waals surface area contributed by atoms with Gasteiger partial charge in [0.1, 0.15) is 5.76 Å². The predicted molar refractivity (Wildman–Crippen MR) is 114 cm³/mol. The molecule has 3 rings (SSSR count). The molecule has 2 aromatic heterocycles. The van der Waals surface area contributed by atoms with Gasteiger partial charge in [0.2, 0.25) is 0 Å². The summed E-state index contributed by atoms with van der Waals surface area (Å²) in [5.41, 5.74) is 3.40. The van der Waals surface area contributed by atoms with Crippen LogP contribution in [-0.4, -0.2) is 29.1 Å². The van der Waals surface area contributed by atoms with Crippen LogP contribution in [-0.2, 0) is 22.5 Å². The molecule has 1 aromatic carbocycles. The minimum absolute atomic E-state index is 0.00484. The number of nitrogens with one attached hydrogen (secondary N) is 1. The predicted octanol–water partition coefficient (Wildman–Crippen LogP) is 4.04. The van der Waals surface area contributed by atoms with E-state index in [1.165, 1.54) is 5.56 Å². The van der Waals surface area contributed by atoms with Gasteiger partial charge in [0.25, 0.3) is 5.91 Å². The molecule has 1 N–H and O–H groups in total. The van der Waals surface area contributed by atoms with Gasteiger partial charge >= 0.3 is 5.97 Å². The molecule has 0 aliphatic carbocycles. The van der Waals surface area contributed by atoms with Crippen LogP contribution < -0.4 is 5.32 Å². The van der Waals surface area contributed by atoms with Crippen molar-refractivity contribution >= 4 is 11.9 Å². The summed E-state index contributed by atoms with van der Waals surface area (Å²) in [6.07, 6.45) is 3.32. The van der Waals surface area contributed by atoms with Crippen molar-refractivity contribution in [3.63, 3.8) is 0 Å². The normalized spacial score (nSPS) is 11.8. The minimum Gasteiger partial charge on any atom is -0.467 e. The number of rotatable bonds is 9. The molecule has 0 spiro atoms. The van der Waals surface area contributed by atoms with E-state index < -0.39 is 5.97 Å². The second-order valence-corrected chi connectivity index (χ2v) is 7.52. The van der Waals surface area contributed by atoms with Gasteiger partial charge in [-0.15, -0.1) is 0 Å². The molecule has 0 bridgehead atoms. The lowest BCUT2D eigenvalue weighted by Gasteiger charge is -2.14. The molecule has 6 nitrogen and oxygen atoms in total. The molecule has 6 heteroatoms. The summed E-state index contributed by atoms with van der Waals surface area (Å²) in [5, 5.41) is 2.88. The minimum atomic E-state index is -0.499. The number of furan rings is 1. The molecule has 1 amide bonds. The van der Waals surface area contributed by atoms with E-state index in [2.05, 4.69) is 17.4 Å². The van der Waals surface area contributed by atoms with Gasteiger partial charge in [-0.3, -0.25) is 4.79 Å². The standard InChI is InChI=1S/C24H28N2O4/c1-17(11-12-20-8-5-4-6-9-20)25-23(27)16-30-24(28)22-14-18(2)26(19(22)3)15-21-10-7-13-29-21/h4-10,13-14,17H,11-12,15-16H2,1-3H3,(H,25,27)/t17-/m1/s1. The first-order valence-corrected chi connectivity index (χ1v) is 10.1. The Labute approximate surface area is 176 Å². The van der Waals surface area contributed by atoms with E-state index in [1.54, 1.807) is 12.3 Å². The highest BCUT2D eigenvalue weighted by Gasteiger charge is 2.19. The molecule has 2 heterocycles. The van der Waals surface area contributed by atoms with Crippen molar-refractivity contribution in [1.82, 2.24) is 9.88 Å². The number of carbonyl (C=O) groups excluding carboxylic acids is 2. The van der Waals surface area contributed by atoms with Crippen LogP contribution in [0.2, 0.25) is 0 Å². The molecule has 3 aromatic rings. The number of aryl methyl sites for hydroxylation is 2. The van der Waals surface area contributed by atoms with Crippen LogP contribution in [0.5, 0.6) is 0 Å². The molecule has 30 heavy (non-hydrogen) atoms. The zero-order chi connectivity index (χ0) is 21.5. The number of amides is 1. The topological polar surface area (TPSA) is 73.5 Å². The van der Waals surface area contributed by atoms with Crippen molar-refractivity contribution in [2.24, 2.45) is 0 Å². The smallest absolute Gasteiger partial charge is 0.340 e. The SMILES string of the molecule is Cc1cc(C(=O)OCC(=O)N[C@H](C)CCc2ccccc2)c(C)n1Cc1ccco1. The van der Waals surface area contributed by atoms with Crippen molar-refractivity contribution in [2.75, 3.05) is 6.61 Å². The number of nitrogens with zero attached hydrogens (tertiary/aromatic N) is 1. The van der Waals surface area contributed by atoms with E-state index in [1.807, 2.05) is 55.7 Å². The van der Waals surface area contributed by atoms with E-state index in [0.717, 1.165) is 30.0 Å². The van der Waals surface area contributed by atoms with Crippen molar-refractivity contribution in [3.05, 3.63) is 83.1 Å². The fourth-order valence-corrected chi connectivity index (χ4v) is 3.43. The lowest BCUT2D eigenvalue weighted by atomic mass is 10.1. The molecule has 0 fully saturated rings. The Bertz CT molecular complexity index is 974. The summed E-state index contributed by atoms with van der Waals surface area (Å²) in [5.74, 6) is 0.00905. The maximum absolute atomic E-state index is 12.5. The van der Waals surface area contributed by atoms with Gasteiger partial charge in [-0.25, -0.2) is 4.79 Å². The maximum atomic E-state index is 12.5. The van der Waals surface area contributed by atoms with Crippen LogP contribution in [0.4, 0.5) is 0 Å².